The Morgan fingerprint density at radius 2 is 0.885 bits per heavy atom. The summed E-state index contributed by atoms with van der Waals surface area (Å²) in [7, 11) is 0. The Kier molecular flexibility index (Phi) is 15.8. The van der Waals surface area contributed by atoms with Crippen molar-refractivity contribution in [2.75, 3.05) is 45.9 Å². The normalized spacial score (nSPS) is 16.8. The van der Waals surface area contributed by atoms with Gasteiger partial charge in [0.05, 0.1) is 31.0 Å². The van der Waals surface area contributed by atoms with Crippen LogP contribution >= 0.6 is 0 Å². The second-order valence-corrected chi connectivity index (χ2v) is 8.06. The van der Waals surface area contributed by atoms with Crippen LogP contribution in [0.4, 0.5) is 0 Å². The van der Waals surface area contributed by atoms with E-state index in [1.165, 1.54) is 0 Å². The maximum Gasteiger partial charge on any atom is 0.0639 e. The highest BCUT2D eigenvalue weighted by Crippen LogP contribution is 2.00. The number of hydrogen-bond acceptors (Lipinski definition) is 8. The minimum atomic E-state index is -0.448. The number of aliphatic hydroxyl groups excluding tert-OH is 5. The monoisotopic (exact) mass is 381 g/mol. The van der Waals surface area contributed by atoms with Crippen LogP contribution in [0.2, 0.25) is 0 Å². The molecule has 0 bridgehead atoms. The van der Waals surface area contributed by atoms with E-state index in [2.05, 4.69) is 0 Å². The fourth-order valence-corrected chi connectivity index (χ4v) is 2.29. The summed E-state index contributed by atoms with van der Waals surface area (Å²) < 4.78 is 0. The van der Waals surface area contributed by atoms with E-state index in [9.17, 15) is 20.4 Å². The molecule has 0 aromatic heterocycles. The summed E-state index contributed by atoms with van der Waals surface area (Å²) in [4.78, 5) is 3.98. The predicted molar refractivity (Wildman–Crippen MR) is 105 cm³/mol. The lowest BCUT2D eigenvalue weighted by molar-refractivity contribution is 0.0542. The van der Waals surface area contributed by atoms with Crippen LogP contribution in [0, 0.1) is 0 Å². The van der Waals surface area contributed by atoms with Crippen molar-refractivity contribution in [1.82, 2.24) is 9.80 Å². The van der Waals surface area contributed by atoms with E-state index in [4.69, 9.17) is 10.8 Å². The summed E-state index contributed by atoms with van der Waals surface area (Å²) in [5, 5.41) is 46.2. The number of aliphatic hydroxyl groups is 5. The van der Waals surface area contributed by atoms with Gasteiger partial charge in [-0.3, -0.25) is 9.80 Å². The van der Waals surface area contributed by atoms with Gasteiger partial charge in [0.2, 0.25) is 0 Å². The summed E-state index contributed by atoms with van der Waals surface area (Å²) >= 11 is 0. The molecule has 4 unspecified atom stereocenters. The van der Waals surface area contributed by atoms with E-state index >= 15 is 0 Å². The smallest absolute Gasteiger partial charge is 0.0639 e. The van der Waals surface area contributed by atoms with Gasteiger partial charge in [0, 0.05) is 44.8 Å². The lowest BCUT2D eigenvalue weighted by Crippen LogP contribution is -2.44. The fraction of sp³-hybridized carbons (Fsp3) is 1.00. The summed E-state index contributed by atoms with van der Waals surface area (Å²) in [6, 6.07) is 0. The number of nitrogens with zero attached hydrogens (tertiary/aromatic N) is 2. The largest absolute Gasteiger partial charge is 0.394 e. The molecule has 0 aliphatic rings. The highest BCUT2D eigenvalue weighted by molar-refractivity contribution is 4.70. The maximum atomic E-state index is 9.47. The van der Waals surface area contributed by atoms with Crippen LogP contribution in [0.5, 0.6) is 0 Å². The molecule has 0 aromatic carbocycles. The van der Waals surface area contributed by atoms with Crippen molar-refractivity contribution in [3.63, 3.8) is 0 Å². The Labute approximate surface area is 159 Å². The third-order valence-corrected chi connectivity index (χ3v) is 3.23. The third-order valence-electron chi connectivity index (χ3n) is 3.23. The Bertz CT molecular complexity index is 276. The van der Waals surface area contributed by atoms with Crippen molar-refractivity contribution in [2.24, 2.45) is 5.73 Å². The number of hydrogen-bond donors (Lipinski definition) is 6. The van der Waals surface area contributed by atoms with Crippen molar-refractivity contribution >= 4 is 0 Å². The maximum absolute atomic E-state index is 9.47. The molecule has 0 radical (unpaired) electrons. The van der Waals surface area contributed by atoms with Crippen LogP contribution in [0.25, 0.3) is 0 Å². The van der Waals surface area contributed by atoms with Crippen LogP contribution in [0.15, 0.2) is 0 Å². The molecule has 0 aliphatic carbocycles. The van der Waals surface area contributed by atoms with E-state index in [0.717, 1.165) is 0 Å². The fourth-order valence-electron chi connectivity index (χ4n) is 2.29. The van der Waals surface area contributed by atoms with Crippen molar-refractivity contribution in [3.8, 4) is 0 Å². The lowest BCUT2D eigenvalue weighted by Gasteiger charge is -2.30. The lowest BCUT2D eigenvalue weighted by atomic mass is 10.1. The predicted octanol–water partition coefficient (Wildman–Crippen LogP) is -1.17. The Balaban J connectivity index is 0. The van der Waals surface area contributed by atoms with Gasteiger partial charge in [-0.05, 0) is 41.5 Å². The van der Waals surface area contributed by atoms with Crippen LogP contribution in [0.1, 0.15) is 41.5 Å². The minimum absolute atomic E-state index is 0.0486. The van der Waals surface area contributed by atoms with Gasteiger partial charge in [-0.2, -0.15) is 0 Å². The average Bonchev–Trinajstić information content (AvgIpc) is 2.42. The zero-order chi connectivity index (χ0) is 20.9. The average molecular weight is 382 g/mol. The Morgan fingerprint density at radius 1 is 0.692 bits per heavy atom. The molecule has 160 valence electrons. The van der Waals surface area contributed by atoms with Gasteiger partial charge in [0.25, 0.3) is 0 Å². The van der Waals surface area contributed by atoms with Gasteiger partial charge in [-0.25, -0.2) is 0 Å². The van der Waals surface area contributed by atoms with E-state index in [1.807, 2.05) is 9.80 Å². The SMILES string of the molecule is CC(C)(N)CO.CC(O)CN(CCN(CC(C)O)CC(C)O)CC(C)O. The minimum Gasteiger partial charge on any atom is -0.394 e. The highest BCUT2D eigenvalue weighted by atomic mass is 16.3. The second-order valence-electron chi connectivity index (χ2n) is 8.06. The molecule has 0 saturated heterocycles. The Hall–Kier alpha value is -0.320. The molecule has 8 nitrogen and oxygen atoms in total. The van der Waals surface area contributed by atoms with Gasteiger partial charge in [-0.15, -0.1) is 0 Å². The van der Waals surface area contributed by atoms with Gasteiger partial charge >= 0.3 is 0 Å². The molecule has 0 amide bonds. The van der Waals surface area contributed by atoms with Crippen LogP contribution < -0.4 is 5.73 Å². The van der Waals surface area contributed by atoms with Crippen molar-refractivity contribution in [1.29, 1.82) is 0 Å². The molecule has 26 heavy (non-hydrogen) atoms. The summed E-state index contributed by atoms with van der Waals surface area (Å²) in [6.07, 6.45) is -1.79. The molecule has 7 N–H and O–H groups in total. The van der Waals surface area contributed by atoms with Gasteiger partial charge in [0.1, 0.15) is 0 Å². The number of nitrogens with two attached hydrogens (primary N) is 1. The standard InChI is InChI=1S/C14H32N2O4.C4H11NO/c1-11(17)7-15(8-12(2)18)5-6-16(9-13(3)19)10-14(4)20;1-4(2,5)3-6/h11-14,17-20H,5-10H2,1-4H3;6H,3,5H2,1-2H3. The summed E-state index contributed by atoms with van der Waals surface area (Å²) in [5.74, 6) is 0. The summed E-state index contributed by atoms with van der Waals surface area (Å²) in [5.41, 5.74) is 4.88. The van der Waals surface area contributed by atoms with Gasteiger partial charge < -0.3 is 31.3 Å². The first kappa shape index (κ1) is 27.9. The van der Waals surface area contributed by atoms with E-state index in [0.29, 0.717) is 39.3 Å². The molecule has 0 heterocycles. The molecule has 4 atom stereocenters. The molecule has 0 rings (SSSR count). The van der Waals surface area contributed by atoms with Gasteiger partial charge in [0.15, 0.2) is 0 Å². The molecule has 0 saturated carbocycles. The molecule has 8 heteroatoms. The van der Waals surface area contributed by atoms with E-state index < -0.39 is 30.0 Å². The first-order chi connectivity index (χ1) is 11.8. The first-order valence-electron chi connectivity index (χ1n) is 9.33. The van der Waals surface area contributed by atoms with Crippen molar-refractivity contribution in [2.45, 2.75) is 71.5 Å². The quantitative estimate of drug-likeness (QED) is 0.249. The second kappa shape index (κ2) is 14.7. The zero-order valence-corrected chi connectivity index (χ0v) is 17.5. The first-order valence-corrected chi connectivity index (χ1v) is 9.33. The third kappa shape index (κ3) is 21.7. The van der Waals surface area contributed by atoms with Gasteiger partial charge in [-0.1, -0.05) is 0 Å². The van der Waals surface area contributed by atoms with Crippen LogP contribution in [-0.2, 0) is 0 Å². The van der Waals surface area contributed by atoms with Crippen LogP contribution in [-0.4, -0.2) is 111 Å². The zero-order valence-electron chi connectivity index (χ0n) is 17.5. The van der Waals surface area contributed by atoms with E-state index in [-0.39, 0.29) is 6.61 Å². The molecule has 0 fully saturated rings. The summed E-state index contributed by atoms with van der Waals surface area (Å²) in [6.45, 7) is 13.8. The highest BCUT2D eigenvalue weighted by Gasteiger charge is 2.15. The molecular weight excluding hydrogens is 338 g/mol. The van der Waals surface area contributed by atoms with Crippen molar-refractivity contribution < 1.29 is 25.5 Å². The Morgan fingerprint density at radius 3 is 1.00 bits per heavy atom. The molecular formula is C18H43N3O5. The molecule has 0 aliphatic heterocycles. The number of rotatable bonds is 12. The molecule has 0 spiro atoms. The van der Waals surface area contributed by atoms with Crippen molar-refractivity contribution in [3.05, 3.63) is 0 Å². The van der Waals surface area contributed by atoms with E-state index in [1.54, 1.807) is 41.5 Å². The topological polar surface area (TPSA) is 134 Å². The van der Waals surface area contributed by atoms with Crippen LogP contribution in [0.3, 0.4) is 0 Å². The molecule has 0 aromatic rings.